The summed E-state index contributed by atoms with van der Waals surface area (Å²) in [6, 6.07) is 93.4. The molecule has 0 fully saturated rings. The zero-order valence-electron chi connectivity index (χ0n) is 42.9. The fraction of sp³-hybridized carbons (Fsp3) is 0. The number of benzene rings is 12. The average Bonchev–Trinajstić information content (AvgIpc) is 4.35. The number of hydrogen-bond acceptors (Lipinski definition) is 3. The number of thiophene rings is 2. The van der Waals surface area contributed by atoms with Crippen molar-refractivity contribution in [1.29, 1.82) is 5.26 Å². The number of aromatic nitrogens is 2. The highest BCUT2D eigenvalue weighted by atomic mass is 32.1. The topological polar surface area (TPSA) is 38.0 Å². The van der Waals surface area contributed by atoms with Crippen molar-refractivity contribution in [1.82, 2.24) is 9.13 Å². The van der Waals surface area contributed by atoms with Crippen LogP contribution in [0.5, 0.6) is 0 Å². The fourth-order valence-electron chi connectivity index (χ4n) is 12.6. The molecule has 0 spiro atoms. The Labute approximate surface area is 468 Å². The van der Waals surface area contributed by atoms with Crippen molar-refractivity contribution >= 4 is 112 Å². The Kier molecular flexibility index (Phi) is 10.4. The molecule has 80 heavy (non-hydrogen) atoms. The third-order valence-electron chi connectivity index (χ3n) is 16.2. The summed E-state index contributed by atoms with van der Waals surface area (Å²) in [6.07, 6.45) is 0. The van der Waals surface area contributed by atoms with Gasteiger partial charge in [-0.1, -0.05) is 212 Å². The van der Waals surface area contributed by atoms with Crippen LogP contribution in [0.1, 0.15) is 5.56 Å². The molecule has 4 nitrogen and oxygen atoms in total. The van der Waals surface area contributed by atoms with Gasteiger partial charge in [0.05, 0.1) is 55.0 Å². The van der Waals surface area contributed by atoms with E-state index < -0.39 is 0 Å². The summed E-state index contributed by atoms with van der Waals surface area (Å²) in [5, 5.41) is 21.4. The number of hydrogen-bond donors (Lipinski definition) is 0. The van der Waals surface area contributed by atoms with E-state index in [-0.39, 0.29) is 0 Å². The van der Waals surface area contributed by atoms with E-state index in [1.165, 1.54) is 31.3 Å². The first kappa shape index (κ1) is 45.8. The summed E-state index contributed by atoms with van der Waals surface area (Å²) in [6.45, 7) is 9.48. The molecule has 0 unspecified atom stereocenters. The quantitative estimate of drug-likeness (QED) is 0.147. The summed E-state index contributed by atoms with van der Waals surface area (Å²) in [5.74, 6) is 0. The average molecular weight is 1050 g/mol. The van der Waals surface area contributed by atoms with E-state index in [0.29, 0.717) is 16.8 Å². The maximum Gasteiger partial charge on any atom is 0.220 e. The van der Waals surface area contributed by atoms with Crippen molar-refractivity contribution in [2.75, 3.05) is 0 Å². The zero-order chi connectivity index (χ0) is 53.0. The van der Waals surface area contributed by atoms with E-state index in [1.807, 2.05) is 36.4 Å². The van der Waals surface area contributed by atoms with Crippen LogP contribution < -0.4 is 0 Å². The Bertz CT molecular complexity index is 5120. The van der Waals surface area contributed by atoms with E-state index in [4.69, 9.17) is 0 Å². The van der Waals surface area contributed by atoms with Crippen molar-refractivity contribution < 1.29 is 0 Å². The van der Waals surface area contributed by atoms with E-state index in [1.54, 1.807) is 22.7 Å². The third-order valence-corrected chi connectivity index (χ3v) is 18.6. The van der Waals surface area contributed by atoms with Crippen LogP contribution in [0.15, 0.2) is 255 Å². The molecule has 16 rings (SSSR count). The Hall–Kier alpha value is -10.3. The molecule has 0 aliphatic rings. The summed E-state index contributed by atoms with van der Waals surface area (Å²) in [7, 11) is 0. The maximum absolute atomic E-state index is 12.4. The molecule has 0 bridgehead atoms. The molecule has 6 heteroatoms. The van der Waals surface area contributed by atoms with E-state index in [9.17, 15) is 11.8 Å². The second-order valence-electron chi connectivity index (χ2n) is 20.4. The molecular formula is C74H42N4S2. The molecule has 12 aromatic carbocycles. The zero-order valence-corrected chi connectivity index (χ0v) is 44.5. The van der Waals surface area contributed by atoms with Crippen molar-refractivity contribution in [3.8, 4) is 73.1 Å². The van der Waals surface area contributed by atoms with Gasteiger partial charge in [0, 0.05) is 63.6 Å². The lowest BCUT2D eigenvalue weighted by Crippen LogP contribution is -2.09. The van der Waals surface area contributed by atoms with Gasteiger partial charge in [-0.2, -0.15) is 5.26 Å². The van der Waals surface area contributed by atoms with E-state index in [0.717, 1.165) is 114 Å². The van der Waals surface area contributed by atoms with Gasteiger partial charge in [-0.3, -0.25) is 0 Å². The van der Waals surface area contributed by atoms with Crippen LogP contribution >= 0.6 is 22.7 Å². The predicted molar refractivity (Wildman–Crippen MR) is 339 cm³/mol. The van der Waals surface area contributed by atoms with Crippen molar-refractivity contribution in [3.63, 3.8) is 0 Å². The standard InChI is InChI=1S/C74H42N4S2/c1-76-68-66(48-25-13-5-14-26-48)61(44-75)69(67(49-27-15-6-16-28-49)72(68)77-62-30-18-17-29-53(62)58-41-50(31-38-63(58)77)45-19-7-2-8-20-45)78-70-54(34-36-56-59-42-51(46-21-9-3-10-22-46)32-39-64(59)79-73(56)70)55-35-37-57-60-43-52(47-23-11-4-12-24-47)33-40-65(60)80-74(57)71(55)78/h2-43H. The minimum Gasteiger partial charge on any atom is -0.318 e. The van der Waals surface area contributed by atoms with Crippen molar-refractivity contribution in [3.05, 3.63) is 272 Å². The van der Waals surface area contributed by atoms with Gasteiger partial charge in [0.15, 0.2) is 0 Å². The minimum atomic E-state index is 0.409. The highest BCUT2D eigenvalue weighted by Gasteiger charge is 2.33. The van der Waals surface area contributed by atoms with Crippen LogP contribution in [0.4, 0.5) is 5.69 Å². The normalized spacial score (nSPS) is 11.7. The first-order valence-corrected chi connectivity index (χ1v) is 28.4. The van der Waals surface area contributed by atoms with Gasteiger partial charge in [0.25, 0.3) is 0 Å². The third kappa shape index (κ3) is 6.84. The van der Waals surface area contributed by atoms with Crippen LogP contribution in [0.2, 0.25) is 0 Å². The molecule has 0 aliphatic heterocycles. The summed E-state index contributed by atoms with van der Waals surface area (Å²) >= 11 is 3.61. The monoisotopic (exact) mass is 1050 g/mol. The van der Waals surface area contributed by atoms with Gasteiger partial charge >= 0.3 is 0 Å². The molecule has 370 valence electrons. The van der Waals surface area contributed by atoms with Gasteiger partial charge in [0.1, 0.15) is 6.07 Å². The first-order chi connectivity index (χ1) is 39.6. The number of para-hydroxylation sites is 1. The molecular weight excluding hydrogens is 1010 g/mol. The van der Waals surface area contributed by atoms with Gasteiger partial charge in [-0.15, -0.1) is 22.7 Å². The molecule has 0 atom stereocenters. The molecule has 0 saturated heterocycles. The maximum atomic E-state index is 12.4. The minimum absolute atomic E-state index is 0.409. The van der Waals surface area contributed by atoms with Crippen LogP contribution in [0.3, 0.4) is 0 Å². The largest absolute Gasteiger partial charge is 0.318 e. The Morgan fingerprint density at radius 2 is 0.750 bits per heavy atom. The lowest BCUT2D eigenvalue weighted by Gasteiger charge is -2.26. The lowest BCUT2D eigenvalue weighted by atomic mass is 9.88. The number of nitrogens with zero attached hydrogens (tertiary/aromatic N) is 4. The van der Waals surface area contributed by atoms with Crippen LogP contribution in [0, 0.1) is 17.9 Å². The molecule has 0 amide bonds. The van der Waals surface area contributed by atoms with E-state index in [2.05, 4.69) is 238 Å². The lowest BCUT2D eigenvalue weighted by molar-refractivity contribution is 1.14. The Morgan fingerprint density at radius 3 is 1.24 bits per heavy atom. The highest BCUT2D eigenvalue weighted by Crippen LogP contribution is 2.55. The molecule has 4 aromatic heterocycles. The summed E-state index contributed by atoms with van der Waals surface area (Å²) in [4.78, 5) is 4.62. The van der Waals surface area contributed by atoms with Gasteiger partial charge in [0.2, 0.25) is 5.69 Å². The van der Waals surface area contributed by atoms with Crippen LogP contribution in [-0.4, -0.2) is 9.13 Å². The van der Waals surface area contributed by atoms with Gasteiger partial charge in [-0.05, 0) is 87.0 Å². The fourth-order valence-corrected chi connectivity index (χ4v) is 15.1. The second kappa shape index (κ2) is 18.1. The summed E-state index contributed by atoms with van der Waals surface area (Å²) in [5.41, 5.74) is 16.3. The Balaban J connectivity index is 1.14. The molecule has 0 saturated carbocycles. The molecule has 0 N–H and O–H groups in total. The second-order valence-corrected chi connectivity index (χ2v) is 22.6. The molecule has 4 heterocycles. The van der Waals surface area contributed by atoms with Crippen molar-refractivity contribution in [2.24, 2.45) is 0 Å². The molecule has 0 radical (unpaired) electrons. The molecule has 0 aliphatic carbocycles. The van der Waals surface area contributed by atoms with Crippen LogP contribution in [0.25, 0.3) is 156 Å². The summed E-state index contributed by atoms with van der Waals surface area (Å²) < 4.78 is 9.40. The van der Waals surface area contributed by atoms with Crippen LogP contribution in [-0.2, 0) is 0 Å². The smallest absolute Gasteiger partial charge is 0.220 e. The van der Waals surface area contributed by atoms with Gasteiger partial charge < -0.3 is 9.13 Å². The van der Waals surface area contributed by atoms with E-state index >= 15 is 0 Å². The molecule has 16 aromatic rings. The predicted octanol–water partition coefficient (Wildman–Crippen LogP) is 21.4. The van der Waals surface area contributed by atoms with Gasteiger partial charge in [-0.25, -0.2) is 4.85 Å². The number of rotatable bonds is 7. The highest BCUT2D eigenvalue weighted by molar-refractivity contribution is 7.27. The SMILES string of the molecule is [C-]#[N+]c1c(-c2ccccc2)c(C#N)c(-n2c3c(ccc4c5cc(-c6ccccc6)ccc5sc43)c3ccc4c5cc(-c6ccccc6)ccc5sc4c32)c(-c2ccccc2)c1-n1c2ccccc2c2cc(-c3ccccc3)ccc21. The number of fused-ring (bicyclic) bond motifs is 14. The Morgan fingerprint density at radius 1 is 0.338 bits per heavy atom. The number of nitriles is 1. The van der Waals surface area contributed by atoms with Crippen molar-refractivity contribution in [2.45, 2.75) is 0 Å². The first-order valence-electron chi connectivity index (χ1n) is 26.7.